The molecule has 61 heavy (non-hydrogen) atoms. The molecule has 9 heteroatoms. The van der Waals surface area contributed by atoms with Crippen molar-refractivity contribution in [1.29, 1.82) is 0 Å². The van der Waals surface area contributed by atoms with E-state index in [1.807, 2.05) is 49.4 Å². The van der Waals surface area contributed by atoms with Gasteiger partial charge in [0, 0.05) is 44.1 Å². The van der Waals surface area contributed by atoms with Gasteiger partial charge in [-0.15, -0.1) is 6.58 Å². The predicted octanol–water partition coefficient (Wildman–Crippen LogP) is 11.0. The van der Waals surface area contributed by atoms with E-state index < -0.39 is 11.8 Å². The molecule has 1 heterocycles. The third-order valence-electron chi connectivity index (χ3n) is 13.5. The van der Waals surface area contributed by atoms with E-state index in [1.54, 1.807) is 6.08 Å². The molecule has 0 radical (unpaired) electrons. The van der Waals surface area contributed by atoms with Crippen LogP contribution >= 0.6 is 0 Å². The Morgan fingerprint density at radius 1 is 0.918 bits per heavy atom. The second-order valence-electron chi connectivity index (χ2n) is 17.5. The van der Waals surface area contributed by atoms with E-state index in [9.17, 15) is 15.0 Å². The van der Waals surface area contributed by atoms with E-state index in [2.05, 4.69) is 54.8 Å². The molecular weight excluding hydrogens is 765 g/mol. The van der Waals surface area contributed by atoms with Crippen molar-refractivity contribution in [2.24, 2.45) is 28.8 Å². The molecule has 2 saturated carbocycles. The van der Waals surface area contributed by atoms with Crippen LogP contribution in [0.1, 0.15) is 115 Å². The number of unbranched alkanes of at least 4 members (excludes halogenated alkanes) is 2. The fraction of sp³-hybridized carbons (Fsp3) is 0.538. The van der Waals surface area contributed by atoms with Crippen LogP contribution in [0, 0.1) is 23.7 Å². The fourth-order valence-electron chi connectivity index (χ4n) is 10.8. The van der Waals surface area contributed by atoms with Gasteiger partial charge in [0.2, 0.25) is 11.7 Å². The topological polar surface area (TPSA) is 110 Å². The molecule has 6 unspecified atom stereocenters. The summed E-state index contributed by atoms with van der Waals surface area (Å²) in [5, 5.41) is 24.7. The van der Waals surface area contributed by atoms with Crippen LogP contribution in [0.15, 0.2) is 102 Å². The number of nitrogens with zero attached hydrogens (tertiary/aromatic N) is 2. The van der Waals surface area contributed by atoms with Crippen molar-refractivity contribution in [3.05, 3.63) is 103 Å². The van der Waals surface area contributed by atoms with Crippen LogP contribution in [0.4, 0.5) is 0 Å². The first kappa shape index (κ1) is 44.6. The maximum atomic E-state index is 14.7. The van der Waals surface area contributed by atoms with Crippen molar-refractivity contribution < 1.29 is 34.1 Å². The van der Waals surface area contributed by atoms with Gasteiger partial charge in [0.1, 0.15) is 29.9 Å². The second kappa shape index (κ2) is 21.6. The van der Waals surface area contributed by atoms with E-state index in [-0.39, 0.29) is 49.4 Å². The van der Waals surface area contributed by atoms with E-state index in [0.29, 0.717) is 44.1 Å². The number of aliphatic hydroxyl groups excluding tert-OH is 2. The third-order valence-corrected chi connectivity index (χ3v) is 13.5. The molecule has 4 aliphatic rings. The average molecular weight is 833 g/mol. The smallest absolute Gasteiger partial charge is 0.239 e. The zero-order valence-electron chi connectivity index (χ0n) is 36.5. The summed E-state index contributed by atoms with van der Waals surface area (Å²) in [7, 11) is 0. The van der Waals surface area contributed by atoms with Crippen molar-refractivity contribution in [2.45, 2.75) is 121 Å². The zero-order valence-corrected chi connectivity index (χ0v) is 36.5. The summed E-state index contributed by atoms with van der Waals surface area (Å²) in [6.45, 7) is 9.66. The van der Waals surface area contributed by atoms with Gasteiger partial charge < -0.3 is 34.2 Å². The van der Waals surface area contributed by atoms with Crippen molar-refractivity contribution in [3.63, 3.8) is 0 Å². The second-order valence-corrected chi connectivity index (χ2v) is 17.5. The van der Waals surface area contributed by atoms with Crippen molar-refractivity contribution in [2.75, 3.05) is 33.0 Å². The summed E-state index contributed by atoms with van der Waals surface area (Å²) >= 11 is 0. The first-order chi connectivity index (χ1) is 29.9. The van der Waals surface area contributed by atoms with E-state index in [0.717, 1.165) is 84.4 Å². The van der Waals surface area contributed by atoms with E-state index >= 15 is 0 Å². The maximum Gasteiger partial charge on any atom is 0.239 e. The molecule has 2 fully saturated rings. The molecule has 0 bridgehead atoms. The Balaban J connectivity index is 1.36. The molecule has 1 aliphatic heterocycles. The highest BCUT2D eigenvalue weighted by atomic mass is 16.7. The quantitative estimate of drug-likeness (QED) is 0.0589. The highest BCUT2D eigenvalue weighted by Gasteiger charge is 2.65. The van der Waals surface area contributed by atoms with Crippen molar-refractivity contribution in [1.82, 2.24) is 4.90 Å². The zero-order chi connectivity index (χ0) is 42.6. The number of oxime groups is 1. The number of carbonyl (C=O) groups excluding carboxylic acids is 1. The lowest BCUT2D eigenvalue weighted by Gasteiger charge is -2.60. The number of benzene rings is 3. The van der Waals surface area contributed by atoms with Gasteiger partial charge in [-0.2, -0.15) is 0 Å². The molecule has 3 aromatic rings. The Hall–Kier alpha value is -4.44. The van der Waals surface area contributed by atoms with Crippen LogP contribution in [-0.4, -0.2) is 71.5 Å². The van der Waals surface area contributed by atoms with Gasteiger partial charge in [0.05, 0.1) is 18.2 Å². The number of fused-ring (bicyclic) bond motifs is 2. The first-order valence-electron chi connectivity index (χ1n) is 23.3. The number of amides is 1. The minimum Gasteiger partial charge on any atom is -0.459 e. The highest BCUT2D eigenvalue weighted by Crippen LogP contribution is 2.62. The Morgan fingerprint density at radius 3 is 2.34 bits per heavy atom. The molecule has 0 saturated heterocycles. The third kappa shape index (κ3) is 10.1. The monoisotopic (exact) mass is 833 g/mol. The standard InChI is InChI=1S/C52H68N2O7/c1-4-30-54(49(57)29-22-37-16-10-11-17-37)48-36-46(53-59-6-3)44-34-40(20-12-14-31-55)43(21-13-15-32-56)50-45-35-42(27-28-47(45)61-52(48,51(44)50)58-33-5-2)60-41-25-23-39(24-26-41)38-18-8-7-9-19-38/h5,7-9,18-19,23-28,34-35,37,40,43,48,50-51,55-56H,2,4,6,10-17,20-22,29-33,36H2,1,3H3. The Labute approximate surface area is 363 Å². The molecule has 0 spiro atoms. The van der Waals surface area contributed by atoms with Gasteiger partial charge in [-0.1, -0.05) is 105 Å². The van der Waals surface area contributed by atoms with Crippen LogP contribution in [0.3, 0.4) is 0 Å². The first-order valence-corrected chi connectivity index (χ1v) is 23.3. The molecule has 0 aromatic heterocycles. The molecular formula is C52H68N2O7. The molecule has 7 rings (SSSR count). The Bertz CT molecular complexity index is 1940. The van der Waals surface area contributed by atoms with Gasteiger partial charge in [-0.3, -0.25) is 4.79 Å². The number of aliphatic hydroxyl groups is 2. The van der Waals surface area contributed by atoms with Crippen molar-refractivity contribution >= 4 is 11.6 Å². The average Bonchev–Trinajstić information content (AvgIpc) is 3.82. The van der Waals surface area contributed by atoms with Crippen LogP contribution in [0.2, 0.25) is 0 Å². The minimum absolute atomic E-state index is 0.109. The van der Waals surface area contributed by atoms with E-state index in [4.69, 9.17) is 24.2 Å². The SMILES string of the molecule is C=CCOC12Oc3ccc(Oc4ccc(-c5ccccc5)cc4)cc3C3C(CCCCO)C(CCCCO)C=C(C(=NOCC)CC1N(CCC)C(=O)CCC1CCCC1)C32. The number of hydrogen-bond donors (Lipinski definition) is 2. The lowest BCUT2D eigenvalue weighted by molar-refractivity contribution is -0.257. The fourth-order valence-corrected chi connectivity index (χ4v) is 10.8. The number of hydrogen-bond acceptors (Lipinski definition) is 8. The van der Waals surface area contributed by atoms with Gasteiger partial charge in [0.15, 0.2) is 0 Å². The lowest BCUT2D eigenvalue weighted by Crippen LogP contribution is -2.70. The number of ether oxygens (including phenoxy) is 3. The van der Waals surface area contributed by atoms with Crippen LogP contribution in [-0.2, 0) is 14.4 Å². The lowest BCUT2D eigenvalue weighted by atomic mass is 9.55. The van der Waals surface area contributed by atoms with Crippen LogP contribution < -0.4 is 9.47 Å². The minimum atomic E-state index is -1.25. The van der Waals surface area contributed by atoms with Crippen LogP contribution in [0.5, 0.6) is 17.2 Å². The summed E-state index contributed by atoms with van der Waals surface area (Å²) < 4.78 is 21.2. The Morgan fingerprint density at radius 2 is 1.64 bits per heavy atom. The van der Waals surface area contributed by atoms with Crippen molar-refractivity contribution in [3.8, 4) is 28.4 Å². The molecule has 2 N–H and O–H groups in total. The van der Waals surface area contributed by atoms with E-state index in [1.165, 1.54) is 25.7 Å². The number of allylic oxidation sites excluding steroid dienone is 1. The largest absolute Gasteiger partial charge is 0.459 e. The molecule has 1 amide bonds. The van der Waals surface area contributed by atoms with Gasteiger partial charge >= 0.3 is 0 Å². The summed E-state index contributed by atoms with van der Waals surface area (Å²) in [5.74, 6) is 1.50. The maximum absolute atomic E-state index is 14.7. The number of carbonyl (C=O) groups is 1. The van der Waals surface area contributed by atoms with Gasteiger partial charge in [0.25, 0.3) is 0 Å². The summed E-state index contributed by atoms with van der Waals surface area (Å²) in [6.07, 6.45) is 16.6. The summed E-state index contributed by atoms with van der Waals surface area (Å²) in [4.78, 5) is 22.7. The van der Waals surface area contributed by atoms with Gasteiger partial charge in [-0.25, -0.2) is 0 Å². The Kier molecular flexibility index (Phi) is 15.8. The summed E-state index contributed by atoms with van der Waals surface area (Å²) in [5.41, 5.74) is 5.19. The van der Waals surface area contributed by atoms with Crippen LogP contribution in [0.25, 0.3) is 11.1 Å². The highest BCUT2D eigenvalue weighted by molar-refractivity contribution is 6.03. The normalized spacial score (nSPS) is 25.0. The predicted molar refractivity (Wildman–Crippen MR) is 242 cm³/mol. The summed E-state index contributed by atoms with van der Waals surface area (Å²) in [6, 6.07) is 24.2. The molecule has 9 nitrogen and oxygen atoms in total. The molecule has 3 aliphatic carbocycles. The molecule has 3 aromatic carbocycles. The molecule has 328 valence electrons. The molecule has 6 atom stereocenters. The number of rotatable bonds is 22. The van der Waals surface area contributed by atoms with Gasteiger partial charge in [-0.05, 0) is 110 Å².